The molecule has 4 rings (SSSR count). The molecule has 3 aromatic rings. The van der Waals surface area contributed by atoms with Crippen LogP contribution in [-0.4, -0.2) is 42.1 Å². The average molecular weight is 438 g/mol. The Kier molecular flexibility index (Phi) is 5.22. The zero-order chi connectivity index (χ0) is 22.2. The van der Waals surface area contributed by atoms with Crippen LogP contribution in [0.25, 0.3) is 11.3 Å². The lowest BCUT2D eigenvalue weighted by atomic mass is 9.78. The van der Waals surface area contributed by atoms with Crippen LogP contribution < -0.4 is 10.6 Å². The van der Waals surface area contributed by atoms with E-state index in [9.17, 15) is 13.2 Å². The summed E-state index contributed by atoms with van der Waals surface area (Å²) in [4.78, 5) is 25.2. The highest BCUT2D eigenvalue weighted by atomic mass is 32.2. The molecule has 0 aliphatic carbocycles. The van der Waals surface area contributed by atoms with E-state index in [2.05, 4.69) is 39.4 Å². The molecule has 1 aliphatic rings. The van der Waals surface area contributed by atoms with Gasteiger partial charge in [0.15, 0.2) is 9.84 Å². The van der Waals surface area contributed by atoms with Gasteiger partial charge in [0.2, 0.25) is 5.95 Å². The lowest BCUT2D eigenvalue weighted by Gasteiger charge is -2.32. The lowest BCUT2D eigenvalue weighted by Crippen LogP contribution is -2.43. The van der Waals surface area contributed by atoms with E-state index in [4.69, 9.17) is 0 Å². The van der Waals surface area contributed by atoms with Crippen LogP contribution in [0.4, 0.5) is 11.6 Å². The molecule has 2 N–H and O–H groups in total. The number of nitrogens with one attached hydrogen (secondary N) is 2. The average Bonchev–Trinajstić information content (AvgIpc) is 2.70. The first kappa shape index (κ1) is 20.9. The monoisotopic (exact) mass is 437 g/mol. The van der Waals surface area contributed by atoms with Crippen LogP contribution in [0.1, 0.15) is 35.5 Å². The number of benzene rings is 1. The van der Waals surface area contributed by atoms with E-state index in [0.717, 1.165) is 11.1 Å². The molecule has 1 aromatic carbocycles. The van der Waals surface area contributed by atoms with Crippen molar-refractivity contribution in [3.8, 4) is 11.3 Å². The molecule has 0 atom stereocenters. The van der Waals surface area contributed by atoms with E-state index < -0.39 is 9.84 Å². The number of hydrogen-bond donors (Lipinski definition) is 2. The maximum atomic E-state index is 12.2. The number of hydrogen-bond acceptors (Lipinski definition) is 7. The van der Waals surface area contributed by atoms with Gasteiger partial charge in [0, 0.05) is 47.4 Å². The second-order valence-electron chi connectivity index (χ2n) is 8.32. The van der Waals surface area contributed by atoms with Crippen LogP contribution in [0, 0.1) is 0 Å². The fraction of sp³-hybridized carbons (Fsp3) is 0.273. The van der Waals surface area contributed by atoms with Gasteiger partial charge in [-0.1, -0.05) is 19.9 Å². The quantitative estimate of drug-likeness (QED) is 0.631. The molecule has 31 heavy (non-hydrogen) atoms. The Bertz CT molecular complexity index is 1270. The van der Waals surface area contributed by atoms with Crippen molar-refractivity contribution < 1.29 is 13.2 Å². The van der Waals surface area contributed by atoms with Crippen molar-refractivity contribution >= 4 is 27.4 Å². The Morgan fingerprint density at radius 2 is 1.87 bits per heavy atom. The molecule has 1 aliphatic heterocycles. The van der Waals surface area contributed by atoms with Crippen LogP contribution in [0.5, 0.6) is 0 Å². The highest BCUT2D eigenvalue weighted by Gasteiger charge is 2.31. The fourth-order valence-electron chi connectivity index (χ4n) is 3.57. The standard InChI is InChI=1S/C22H23N5O3S/c1-22(2)13-25-20(28)17-5-4-14(10-18(17)22)19-7-9-24-21(27-19)26-15-6-8-23-16(11-15)12-31(3,29)30/h4-11H,12-13H2,1-3H3,(H,25,28)(H,23,24,26,27). The molecule has 0 bridgehead atoms. The van der Waals surface area contributed by atoms with Crippen LogP contribution in [0.3, 0.4) is 0 Å². The van der Waals surface area contributed by atoms with Crippen molar-refractivity contribution in [1.29, 1.82) is 0 Å². The molecular weight excluding hydrogens is 414 g/mol. The van der Waals surface area contributed by atoms with E-state index in [-0.39, 0.29) is 17.1 Å². The third-order valence-corrected chi connectivity index (χ3v) is 5.94. The lowest BCUT2D eigenvalue weighted by molar-refractivity contribution is 0.0930. The van der Waals surface area contributed by atoms with Crippen LogP contribution in [0.15, 0.2) is 48.8 Å². The number of nitrogens with zero attached hydrogens (tertiary/aromatic N) is 3. The molecule has 9 heteroatoms. The molecule has 0 saturated carbocycles. The third-order valence-electron chi connectivity index (χ3n) is 5.12. The minimum atomic E-state index is -3.18. The van der Waals surface area contributed by atoms with Crippen molar-refractivity contribution in [2.75, 3.05) is 18.1 Å². The summed E-state index contributed by atoms with van der Waals surface area (Å²) in [5.41, 5.74) is 4.18. The molecular formula is C22H23N5O3S. The normalized spacial score (nSPS) is 15.1. The van der Waals surface area contributed by atoms with Gasteiger partial charge in [0.25, 0.3) is 5.91 Å². The minimum absolute atomic E-state index is 0.0616. The maximum Gasteiger partial charge on any atom is 0.251 e. The summed E-state index contributed by atoms with van der Waals surface area (Å²) in [6.07, 6.45) is 4.37. The van der Waals surface area contributed by atoms with E-state index in [1.54, 1.807) is 24.5 Å². The van der Waals surface area contributed by atoms with Crippen molar-refractivity contribution in [2.24, 2.45) is 0 Å². The van der Waals surface area contributed by atoms with E-state index >= 15 is 0 Å². The molecule has 160 valence electrons. The molecule has 0 fully saturated rings. The number of amides is 1. The molecule has 8 nitrogen and oxygen atoms in total. The van der Waals surface area contributed by atoms with E-state index in [1.165, 1.54) is 6.26 Å². The number of rotatable bonds is 5. The van der Waals surface area contributed by atoms with Gasteiger partial charge >= 0.3 is 0 Å². The smallest absolute Gasteiger partial charge is 0.251 e. The molecule has 1 amide bonds. The number of pyridine rings is 1. The van der Waals surface area contributed by atoms with Gasteiger partial charge in [-0.05, 0) is 35.9 Å². The summed E-state index contributed by atoms with van der Waals surface area (Å²) in [5.74, 6) is 0.180. The summed E-state index contributed by atoms with van der Waals surface area (Å²) in [6, 6.07) is 10.9. The number of carbonyl (C=O) groups is 1. The zero-order valence-corrected chi connectivity index (χ0v) is 18.3. The maximum absolute atomic E-state index is 12.2. The van der Waals surface area contributed by atoms with Gasteiger partial charge in [-0.15, -0.1) is 0 Å². The summed E-state index contributed by atoms with van der Waals surface area (Å²) in [7, 11) is -3.18. The van der Waals surface area contributed by atoms with Crippen LogP contribution in [-0.2, 0) is 21.0 Å². The van der Waals surface area contributed by atoms with Gasteiger partial charge in [-0.25, -0.2) is 18.4 Å². The largest absolute Gasteiger partial charge is 0.351 e. The van der Waals surface area contributed by atoms with Crippen molar-refractivity contribution in [3.05, 3.63) is 65.6 Å². The summed E-state index contributed by atoms with van der Waals surface area (Å²) < 4.78 is 23.1. The molecule has 0 spiro atoms. The molecule has 0 saturated heterocycles. The first-order chi connectivity index (χ1) is 14.6. The van der Waals surface area contributed by atoms with Gasteiger partial charge in [0.05, 0.1) is 17.1 Å². The topological polar surface area (TPSA) is 114 Å². The van der Waals surface area contributed by atoms with Crippen LogP contribution in [0.2, 0.25) is 0 Å². The van der Waals surface area contributed by atoms with Gasteiger partial charge in [-0.3, -0.25) is 9.78 Å². The first-order valence-electron chi connectivity index (χ1n) is 9.77. The molecule has 0 radical (unpaired) electrons. The first-order valence-corrected chi connectivity index (χ1v) is 11.8. The second kappa shape index (κ2) is 7.73. The fourth-order valence-corrected chi connectivity index (χ4v) is 4.26. The number of aromatic nitrogens is 3. The minimum Gasteiger partial charge on any atom is -0.351 e. The highest BCUT2D eigenvalue weighted by molar-refractivity contribution is 7.89. The number of fused-ring (bicyclic) bond motifs is 1. The Morgan fingerprint density at radius 1 is 1.10 bits per heavy atom. The third kappa shape index (κ3) is 4.72. The predicted molar refractivity (Wildman–Crippen MR) is 119 cm³/mol. The SMILES string of the molecule is CC1(C)CNC(=O)c2ccc(-c3ccnc(Nc4ccnc(CS(C)(=O)=O)c4)n3)cc21. The molecule has 2 aromatic heterocycles. The second-order valence-corrected chi connectivity index (χ2v) is 10.5. The van der Waals surface area contributed by atoms with E-state index in [1.807, 2.05) is 24.3 Å². The Morgan fingerprint density at radius 3 is 2.65 bits per heavy atom. The van der Waals surface area contributed by atoms with Gasteiger partial charge in [0.1, 0.15) is 0 Å². The van der Waals surface area contributed by atoms with Gasteiger partial charge < -0.3 is 10.6 Å². The molecule has 0 unspecified atom stereocenters. The van der Waals surface area contributed by atoms with Gasteiger partial charge in [-0.2, -0.15) is 0 Å². The Labute approximate surface area is 181 Å². The number of carbonyl (C=O) groups excluding carboxylic acids is 1. The zero-order valence-electron chi connectivity index (χ0n) is 17.5. The van der Waals surface area contributed by atoms with Crippen LogP contribution >= 0.6 is 0 Å². The highest BCUT2D eigenvalue weighted by Crippen LogP contribution is 2.33. The molecule has 3 heterocycles. The van der Waals surface area contributed by atoms with Crippen molar-refractivity contribution in [3.63, 3.8) is 0 Å². The van der Waals surface area contributed by atoms with Crippen molar-refractivity contribution in [2.45, 2.75) is 25.0 Å². The van der Waals surface area contributed by atoms with E-state index in [0.29, 0.717) is 35.1 Å². The summed E-state index contributed by atoms with van der Waals surface area (Å²) >= 11 is 0. The summed E-state index contributed by atoms with van der Waals surface area (Å²) in [5, 5.41) is 6.03. The van der Waals surface area contributed by atoms with Crippen molar-refractivity contribution in [1.82, 2.24) is 20.3 Å². The summed E-state index contributed by atoms with van der Waals surface area (Å²) in [6.45, 7) is 4.77. The Hall–Kier alpha value is -3.33. The Balaban J connectivity index is 1.63. The number of anilines is 2. The predicted octanol–water partition coefficient (Wildman–Crippen LogP) is 2.85. The number of sulfone groups is 1.